The van der Waals surface area contributed by atoms with E-state index in [2.05, 4.69) is 31.2 Å². The van der Waals surface area contributed by atoms with Crippen LogP contribution in [0.15, 0.2) is 48.9 Å². The van der Waals surface area contributed by atoms with Crippen molar-refractivity contribution >= 4 is 35.3 Å². The first-order valence-electron chi connectivity index (χ1n) is 18.7. The highest BCUT2D eigenvalue weighted by Gasteiger charge is 2.52. The van der Waals surface area contributed by atoms with Crippen LogP contribution < -0.4 is 21.3 Å². The number of carbonyl (C=O) groups is 6. The number of halogens is 2. The number of hydrogen-bond acceptors (Lipinski definition) is 8. The molecule has 2 aromatic rings. The first-order valence-corrected chi connectivity index (χ1v) is 18.7. The lowest BCUT2D eigenvalue weighted by Crippen LogP contribution is -2.62. The zero-order valence-electron chi connectivity index (χ0n) is 31.8. The molecule has 1 aromatic carbocycles. The van der Waals surface area contributed by atoms with E-state index in [-0.39, 0.29) is 42.8 Å². The lowest BCUT2D eigenvalue weighted by Gasteiger charge is -2.37. The second kappa shape index (κ2) is 18.5. The lowest BCUT2D eigenvalue weighted by molar-refractivity contribution is -0.146. The van der Waals surface area contributed by atoms with E-state index in [9.17, 15) is 37.5 Å². The molecule has 5 amide bonds. The number of alkyl halides is 2. The molecule has 2 fully saturated rings. The van der Waals surface area contributed by atoms with Crippen LogP contribution in [0, 0.1) is 23.2 Å². The van der Waals surface area contributed by atoms with E-state index in [4.69, 9.17) is 0 Å². The van der Waals surface area contributed by atoms with E-state index >= 15 is 0 Å². The fourth-order valence-corrected chi connectivity index (χ4v) is 7.33. The molecule has 1 aromatic heterocycles. The van der Waals surface area contributed by atoms with Gasteiger partial charge in [-0.05, 0) is 61.3 Å². The van der Waals surface area contributed by atoms with Crippen LogP contribution in [-0.2, 0) is 24.0 Å². The molecule has 294 valence electrons. The first-order chi connectivity index (χ1) is 25.5. The highest BCUT2D eigenvalue weighted by Crippen LogP contribution is 2.43. The van der Waals surface area contributed by atoms with E-state index in [0.29, 0.717) is 6.42 Å². The summed E-state index contributed by atoms with van der Waals surface area (Å²) in [6.45, 7) is 10.8. The summed E-state index contributed by atoms with van der Waals surface area (Å²) < 4.78 is 26.3. The summed E-state index contributed by atoms with van der Waals surface area (Å²) >= 11 is 0. The third-order valence-corrected chi connectivity index (χ3v) is 10.3. The molecular formula is C39H53F2N7O6. The van der Waals surface area contributed by atoms with Crippen molar-refractivity contribution in [2.75, 3.05) is 6.54 Å². The van der Waals surface area contributed by atoms with Crippen molar-refractivity contribution in [3.05, 3.63) is 60.2 Å². The van der Waals surface area contributed by atoms with Crippen molar-refractivity contribution in [3.63, 3.8) is 0 Å². The van der Waals surface area contributed by atoms with Crippen LogP contribution in [0.5, 0.6) is 0 Å². The van der Waals surface area contributed by atoms with Crippen LogP contribution >= 0.6 is 0 Å². The third-order valence-electron chi connectivity index (χ3n) is 10.3. The Kier molecular flexibility index (Phi) is 14.3. The number of ketones is 1. The maximum absolute atomic E-state index is 14.6. The molecular weight excluding hydrogens is 700 g/mol. The van der Waals surface area contributed by atoms with Gasteiger partial charge in [0.1, 0.15) is 23.8 Å². The Balaban J connectivity index is 1.55. The number of likely N-dealkylation sites (tertiary alicyclic amines) is 1. The Morgan fingerprint density at radius 1 is 0.907 bits per heavy atom. The van der Waals surface area contributed by atoms with Crippen molar-refractivity contribution in [2.45, 2.75) is 117 Å². The summed E-state index contributed by atoms with van der Waals surface area (Å²) in [5.41, 5.74) is -0.0769. The van der Waals surface area contributed by atoms with Crippen LogP contribution in [0.3, 0.4) is 0 Å². The molecule has 4 N–H and O–H groups in total. The van der Waals surface area contributed by atoms with Gasteiger partial charge in [0.05, 0.1) is 18.3 Å². The highest BCUT2D eigenvalue weighted by molar-refractivity contribution is 6.38. The monoisotopic (exact) mass is 753 g/mol. The molecule has 3 unspecified atom stereocenters. The van der Waals surface area contributed by atoms with Gasteiger partial charge in [-0.1, -0.05) is 71.4 Å². The number of rotatable bonds is 16. The molecule has 1 aliphatic heterocycles. The van der Waals surface area contributed by atoms with E-state index < -0.39 is 83.8 Å². The molecule has 1 aliphatic carbocycles. The van der Waals surface area contributed by atoms with E-state index in [0.717, 1.165) is 18.4 Å². The number of Topliss-reactive ketones (excluding diaryl/α,β-unsaturated/α-hetero) is 1. The van der Waals surface area contributed by atoms with Gasteiger partial charge in [-0.2, -0.15) is 0 Å². The van der Waals surface area contributed by atoms with Crippen molar-refractivity contribution in [1.82, 2.24) is 36.1 Å². The van der Waals surface area contributed by atoms with Crippen molar-refractivity contribution in [1.29, 1.82) is 0 Å². The average Bonchev–Trinajstić information content (AvgIpc) is 3.73. The molecule has 0 bridgehead atoms. The van der Waals surface area contributed by atoms with E-state index in [1.165, 1.54) is 23.5 Å². The van der Waals surface area contributed by atoms with Gasteiger partial charge in [-0.25, -0.2) is 13.8 Å². The Morgan fingerprint density at radius 2 is 1.61 bits per heavy atom. The minimum absolute atomic E-state index is 0.0151. The summed E-state index contributed by atoms with van der Waals surface area (Å²) in [6, 6.07) is 3.83. The first kappa shape index (κ1) is 41.9. The van der Waals surface area contributed by atoms with Crippen LogP contribution in [-0.4, -0.2) is 87.3 Å². The van der Waals surface area contributed by atoms with Gasteiger partial charge in [-0.3, -0.25) is 33.8 Å². The van der Waals surface area contributed by atoms with Crippen LogP contribution in [0.2, 0.25) is 0 Å². The number of benzene rings is 1. The van der Waals surface area contributed by atoms with Gasteiger partial charge in [0, 0.05) is 25.4 Å². The molecule has 2 heterocycles. The molecule has 54 heavy (non-hydrogen) atoms. The molecule has 7 atom stereocenters. The van der Waals surface area contributed by atoms with Crippen molar-refractivity contribution in [3.8, 4) is 0 Å². The average molecular weight is 754 g/mol. The summed E-state index contributed by atoms with van der Waals surface area (Å²) in [7, 11) is 0. The minimum Gasteiger partial charge on any atom is -0.344 e. The fraction of sp³-hybridized carbons (Fsp3) is 0.590. The second-order valence-electron chi connectivity index (χ2n) is 15.7. The number of nitrogens with one attached hydrogen (secondary N) is 4. The summed E-state index contributed by atoms with van der Waals surface area (Å²) in [5, 5.41) is 10.9. The number of aromatic nitrogens is 2. The third kappa shape index (κ3) is 10.7. The zero-order valence-corrected chi connectivity index (χ0v) is 31.8. The van der Waals surface area contributed by atoms with Gasteiger partial charge in [-0.15, -0.1) is 0 Å². The molecule has 15 heteroatoms. The van der Waals surface area contributed by atoms with Crippen LogP contribution in [0.1, 0.15) is 102 Å². The number of nitrogens with zero attached hydrogens (tertiary/aromatic N) is 3. The van der Waals surface area contributed by atoms with Crippen LogP contribution in [0.4, 0.5) is 8.78 Å². The van der Waals surface area contributed by atoms with Gasteiger partial charge < -0.3 is 26.2 Å². The Hall–Kier alpha value is -4.82. The molecule has 1 saturated carbocycles. The van der Waals surface area contributed by atoms with Crippen molar-refractivity contribution < 1.29 is 37.5 Å². The largest absolute Gasteiger partial charge is 0.344 e. The van der Waals surface area contributed by atoms with Crippen molar-refractivity contribution in [2.24, 2.45) is 23.2 Å². The standard InChI is InChI=1S/C39H53F2N7O6/c1-22(2)30(46-34(50)28-20-42-18-19-43-28)35(51)47-33(39(4,5)6)38(54)48-21-25-14-10-15-26(25)31(48)36(52)45-27(16-11-17-29(40)41)32(49)37(53)44-23(3)24-12-8-7-9-13-24/h7-9,12-13,18-20,22-23,25-27,29-31,33H,10-11,14-17,21H2,1-6H3,(H,44,53)(H,45,52)(H,46,50)(H,47,51)/t23-,25-,26-,27?,30?,31-,33?/m0/s1. The normalized spacial score (nSPS) is 20.4. The van der Waals surface area contributed by atoms with Gasteiger partial charge in [0.15, 0.2) is 0 Å². The maximum atomic E-state index is 14.6. The maximum Gasteiger partial charge on any atom is 0.290 e. The number of fused-ring (bicyclic) bond motifs is 1. The SMILES string of the molecule is CC(C)C(NC(=O)c1cnccn1)C(=O)NC(C(=O)N1C[C@@H]2CCC[C@@H]2[C@H]1C(=O)NC(CCCC(F)F)C(=O)C(=O)N[C@@H](C)c1ccccc1)C(C)(C)C. The fourth-order valence-electron chi connectivity index (χ4n) is 7.33. The lowest BCUT2D eigenvalue weighted by atomic mass is 9.85. The van der Waals surface area contributed by atoms with Gasteiger partial charge in [0.2, 0.25) is 29.9 Å². The molecule has 13 nitrogen and oxygen atoms in total. The molecule has 0 radical (unpaired) electrons. The highest BCUT2D eigenvalue weighted by atomic mass is 19.3. The van der Waals surface area contributed by atoms with E-state index in [1.807, 2.05) is 6.07 Å². The second-order valence-corrected chi connectivity index (χ2v) is 15.7. The van der Waals surface area contributed by atoms with Crippen LogP contribution in [0.25, 0.3) is 0 Å². The van der Waals surface area contributed by atoms with Gasteiger partial charge >= 0.3 is 0 Å². The Morgan fingerprint density at radius 3 is 2.22 bits per heavy atom. The number of carbonyl (C=O) groups excluding carboxylic acids is 6. The number of hydrogen-bond donors (Lipinski definition) is 4. The summed E-state index contributed by atoms with van der Waals surface area (Å²) in [6.07, 6.45) is 2.80. The summed E-state index contributed by atoms with van der Waals surface area (Å²) in [4.78, 5) is 91.6. The summed E-state index contributed by atoms with van der Waals surface area (Å²) in [5.74, 6) is -4.95. The molecule has 2 aliphatic rings. The zero-order chi connectivity index (χ0) is 39.7. The molecule has 1 saturated heterocycles. The quantitative estimate of drug-likeness (QED) is 0.187. The molecule has 4 rings (SSSR count). The predicted octanol–water partition coefficient (Wildman–Crippen LogP) is 3.76. The predicted molar refractivity (Wildman–Crippen MR) is 196 cm³/mol. The van der Waals surface area contributed by atoms with E-state index in [1.54, 1.807) is 65.8 Å². The minimum atomic E-state index is -2.63. The topological polar surface area (TPSA) is 180 Å². The van der Waals surface area contributed by atoms with Gasteiger partial charge in [0.25, 0.3) is 11.8 Å². The Labute approximate surface area is 315 Å². The Bertz CT molecular complexity index is 1640. The molecule has 0 spiro atoms. The smallest absolute Gasteiger partial charge is 0.290 e. The number of amides is 5.